The SMILES string of the molecule is C=CC(=O)N1CC(c2cc(Cl)nc(-c3cc(C(=O)NC)cc(C)n3)c2)O[C@@H](C(F)F)C1. The highest BCUT2D eigenvalue weighted by molar-refractivity contribution is 6.29. The van der Waals surface area contributed by atoms with Crippen molar-refractivity contribution in [1.29, 1.82) is 0 Å². The first-order valence-electron chi connectivity index (χ1n) is 9.45. The largest absolute Gasteiger partial charge is 0.361 e. The van der Waals surface area contributed by atoms with Crippen LogP contribution in [0.5, 0.6) is 0 Å². The van der Waals surface area contributed by atoms with Crippen LogP contribution in [0.4, 0.5) is 8.78 Å². The standard InChI is InChI=1S/C21H21ClF2N4O3/c1-4-19(29)28-9-16(31-17(10-28)20(23)24)12-6-15(27-18(22)8-12)14-7-13(21(30)25-3)5-11(2)26-14/h4-8,16-17,20H,1,9-10H2,2-3H3,(H,25,30)/t16?,17-/m1/s1. The molecule has 1 saturated heterocycles. The summed E-state index contributed by atoms with van der Waals surface area (Å²) in [6.07, 6.45) is -3.99. The molecule has 3 heterocycles. The Bertz CT molecular complexity index is 1020. The predicted octanol–water partition coefficient (Wildman–Crippen LogP) is 3.18. The Morgan fingerprint density at radius 3 is 2.61 bits per heavy atom. The summed E-state index contributed by atoms with van der Waals surface area (Å²) < 4.78 is 32.4. The lowest BCUT2D eigenvalue weighted by molar-refractivity contribution is -0.159. The molecule has 0 aromatic carbocycles. The molecule has 0 saturated carbocycles. The van der Waals surface area contributed by atoms with Gasteiger partial charge in [-0.05, 0) is 42.8 Å². The molecule has 164 valence electrons. The fourth-order valence-corrected chi connectivity index (χ4v) is 3.55. The van der Waals surface area contributed by atoms with Crippen LogP contribution >= 0.6 is 11.6 Å². The monoisotopic (exact) mass is 450 g/mol. The summed E-state index contributed by atoms with van der Waals surface area (Å²) in [4.78, 5) is 34.0. The first kappa shape index (κ1) is 22.8. The number of rotatable bonds is 5. The summed E-state index contributed by atoms with van der Waals surface area (Å²) in [5.74, 6) is -0.752. The molecule has 10 heteroatoms. The zero-order valence-corrected chi connectivity index (χ0v) is 17.7. The zero-order chi connectivity index (χ0) is 22.7. The smallest absolute Gasteiger partial charge is 0.266 e. The average molecular weight is 451 g/mol. The van der Waals surface area contributed by atoms with Crippen molar-refractivity contribution in [3.63, 3.8) is 0 Å². The Labute approximate surface area is 183 Å². The Balaban J connectivity index is 2.00. The molecule has 3 rings (SSSR count). The molecular weight excluding hydrogens is 430 g/mol. The quantitative estimate of drug-likeness (QED) is 0.558. The van der Waals surface area contributed by atoms with E-state index in [1.165, 1.54) is 18.0 Å². The molecule has 2 aromatic heterocycles. The molecule has 2 atom stereocenters. The minimum absolute atomic E-state index is 0.0542. The van der Waals surface area contributed by atoms with Crippen molar-refractivity contribution in [2.24, 2.45) is 0 Å². The van der Waals surface area contributed by atoms with E-state index in [4.69, 9.17) is 16.3 Å². The van der Waals surface area contributed by atoms with E-state index in [1.54, 1.807) is 25.1 Å². The second-order valence-electron chi connectivity index (χ2n) is 7.01. The van der Waals surface area contributed by atoms with Gasteiger partial charge in [0.15, 0.2) is 0 Å². The van der Waals surface area contributed by atoms with E-state index in [0.29, 0.717) is 28.2 Å². The maximum Gasteiger partial charge on any atom is 0.266 e. The number of alkyl halides is 2. The van der Waals surface area contributed by atoms with E-state index >= 15 is 0 Å². The van der Waals surface area contributed by atoms with E-state index in [2.05, 4.69) is 21.9 Å². The highest BCUT2D eigenvalue weighted by Gasteiger charge is 2.36. The van der Waals surface area contributed by atoms with Gasteiger partial charge < -0.3 is 15.0 Å². The molecular formula is C21H21ClF2N4O3. The zero-order valence-electron chi connectivity index (χ0n) is 16.9. The summed E-state index contributed by atoms with van der Waals surface area (Å²) in [6.45, 7) is 4.97. The summed E-state index contributed by atoms with van der Waals surface area (Å²) >= 11 is 6.20. The lowest BCUT2D eigenvalue weighted by Gasteiger charge is -2.37. The molecule has 1 aliphatic heterocycles. The number of morpholine rings is 1. The Hall–Kier alpha value is -2.91. The molecule has 2 aromatic rings. The highest BCUT2D eigenvalue weighted by atomic mass is 35.5. The molecule has 2 amide bonds. The van der Waals surface area contributed by atoms with Crippen molar-refractivity contribution in [3.05, 3.63) is 58.9 Å². The van der Waals surface area contributed by atoms with Crippen molar-refractivity contribution in [2.75, 3.05) is 20.1 Å². The van der Waals surface area contributed by atoms with Gasteiger partial charge in [-0.15, -0.1) is 0 Å². The van der Waals surface area contributed by atoms with E-state index in [0.717, 1.165) is 6.08 Å². The average Bonchev–Trinajstić information content (AvgIpc) is 2.76. The fraction of sp³-hybridized carbons (Fsp3) is 0.333. The number of nitrogens with zero attached hydrogens (tertiary/aromatic N) is 3. The predicted molar refractivity (Wildman–Crippen MR) is 111 cm³/mol. The van der Waals surface area contributed by atoms with Crippen LogP contribution < -0.4 is 5.32 Å². The van der Waals surface area contributed by atoms with Gasteiger partial charge in [0.25, 0.3) is 12.3 Å². The van der Waals surface area contributed by atoms with Crippen LogP contribution in [0, 0.1) is 6.92 Å². The first-order valence-corrected chi connectivity index (χ1v) is 9.83. The molecule has 0 radical (unpaired) electrons. The van der Waals surface area contributed by atoms with E-state index in [-0.39, 0.29) is 24.1 Å². The number of nitrogens with one attached hydrogen (secondary N) is 1. The van der Waals surface area contributed by atoms with Crippen molar-refractivity contribution in [1.82, 2.24) is 20.2 Å². The number of aryl methyl sites for hydroxylation is 1. The van der Waals surface area contributed by atoms with Crippen molar-refractivity contribution in [3.8, 4) is 11.4 Å². The van der Waals surface area contributed by atoms with Crippen LogP contribution in [0.1, 0.15) is 27.7 Å². The number of carbonyl (C=O) groups is 2. The first-order chi connectivity index (χ1) is 14.7. The Kier molecular flexibility index (Phi) is 6.97. The van der Waals surface area contributed by atoms with Crippen LogP contribution in [0.25, 0.3) is 11.4 Å². The fourth-order valence-electron chi connectivity index (χ4n) is 3.33. The Morgan fingerprint density at radius 2 is 1.97 bits per heavy atom. The second-order valence-corrected chi connectivity index (χ2v) is 7.40. The lowest BCUT2D eigenvalue weighted by atomic mass is 10.0. The van der Waals surface area contributed by atoms with Crippen LogP contribution in [0.15, 0.2) is 36.9 Å². The number of pyridine rings is 2. The van der Waals surface area contributed by atoms with Gasteiger partial charge in [0, 0.05) is 18.3 Å². The third kappa shape index (κ3) is 5.23. The van der Waals surface area contributed by atoms with Gasteiger partial charge in [-0.1, -0.05) is 18.2 Å². The topological polar surface area (TPSA) is 84.4 Å². The van der Waals surface area contributed by atoms with Crippen LogP contribution in [-0.2, 0) is 9.53 Å². The molecule has 1 aliphatic rings. The van der Waals surface area contributed by atoms with Crippen molar-refractivity contribution >= 4 is 23.4 Å². The van der Waals surface area contributed by atoms with Gasteiger partial charge in [0.05, 0.1) is 24.5 Å². The molecule has 31 heavy (non-hydrogen) atoms. The normalized spacial score (nSPS) is 18.7. The summed E-state index contributed by atoms with van der Waals surface area (Å²) in [5, 5.41) is 2.65. The van der Waals surface area contributed by atoms with Crippen LogP contribution in [0.2, 0.25) is 5.15 Å². The highest BCUT2D eigenvalue weighted by Crippen LogP contribution is 2.31. The molecule has 0 spiro atoms. The number of halogens is 3. The van der Waals surface area contributed by atoms with Gasteiger partial charge in [0.1, 0.15) is 17.4 Å². The molecule has 1 N–H and O–H groups in total. The third-order valence-electron chi connectivity index (χ3n) is 4.79. The van der Waals surface area contributed by atoms with Crippen LogP contribution in [0.3, 0.4) is 0 Å². The van der Waals surface area contributed by atoms with Gasteiger partial charge in [-0.2, -0.15) is 0 Å². The number of hydrogen-bond acceptors (Lipinski definition) is 5. The Morgan fingerprint density at radius 1 is 1.26 bits per heavy atom. The van der Waals surface area contributed by atoms with Gasteiger partial charge >= 0.3 is 0 Å². The minimum atomic E-state index is -2.77. The minimum Gasteiger partial charge on any atom is -0.361 e. The summed E-state index contributed by atoms with van der Waals surface area (Å²) in [7, 11) is 1.52. The molecule has 1 fully saturated rings. The summed E-state index contributed by atoms with van der Waals surface area (Å²) in [5.41, 5.74) is 2.19. The van der Waals surface area contributed by atoms with E-state index in [1.807, 2.05) is 0 Å². The number of ether oxygens (including phenoxy) is 1. The van der Waals surface area contributed by atoms with E-state index in [9.17, 15) is 18.4 Å². The molecule has 0 aliphatic carbocycles. The molecule has 1 unspecified atom stereocenters. The molecule has 7 nitrogen and oxygen atoms in total. The number of amides is 2. The van der Waals surface area contributed by atoms with Gasteiger partial charge in [-0.25, -0.2) is 13.8 Å². The summed E-state index contributed by atoms with van der Waals surface area (Å²) in [6, 6.07) is 6.29. The van der Waals surface area contributed by atoms with Crippen molar-refractivity contribution in [2.45, 2.75) is 25.6 Å². The lowest BCUT2D eigenvalue weighted by Crippen LogP contribution is -2.48. The van der Waals surface area contributed by atoms with Gasteiger partial charge in [0.2, 0.25) is 5.91 Å². The third-order valence-corrected chi connectivity index (χ3v) is 4.98. The molecule has 0 bridgehead atoms. The van der Waals surface area contributed by atoms with Crippen molar-refractivity contribution < 1.29 is 23.1 Å². The second kappa shape index (κ2) is 9.49. The number of carbonyl (C=O) groups excluding carboxylic acids is 2. The maximum absolute atomic E-state index is 13.4. The number of aromatic nitrogens is 2. The number of hydrogen-bond donors (Lipinski definition) is 1. The van der Waals surface area contributed by atoms with Crippen LogP contribution in [-0.4, -0.2) is 59.3 Å². The van der Waals surface area contributed by atoms with Gasteiger partial charge in [-0.3, -0.25) is 14.6 Å². The van der Waals surface area contributed by atoms with E-state index < -0.39 is 24.5 Å². The maximum atomic E-state index is 13.4.